The SMILES string of the molecule is O=C(NCC[C@H]1CC[C@@H](NC(=O)C2CCC2)[C@H](CO)O1)c1cnccn1. The lowest BCUT2D eigenvalue weighted by Crippen LogP contribution is -2.53. The molecule has 1 aliphatic carbocycles. The van der Waals surface area contributed by atoms with Gasteiger partial charge in [-0.15, -0.1) is 0 Å². The highest BCUT2D eigenvalue weighted by molar-refractivity contribution is 5.91. The number of hydrogen-bond donors (Lipinski definition) is 3. The Morgan fingerprint density at radius 3 is 2.73 bits per heavy atom. The van der Waals surface area contributed by atoms with E-state index in [1.165, 1.54) is 18.6 Å². The molecule has 0 aromatic carbocycles. The fourth-order valence-corrected chi connectivity index (χ4v) is 3.33. The minimum absolute atomic E-state index is 0.0498. The molecule has 3 rings (SSSR count). The van der Waals surface area contributed by atoms with E-state index in [-0.39, 0.29) is 42.2 Å². The number of aliphatic hydroxyl groups excluding tert-OH is 1. The molecular weight excluding hydrogens is 336 g/mol. The summed E-state index contributed by atoms with van der Waals surface area (Å²) in [4.78, 5) is 31.9. The number of nitrogens with one attached hydrogen (secondary N) is 2. The van der Waals surface area contributed by atoms with Crippen molar-refractivity contribution in [3.05, 3.63) is 24.3 Å². The average Bonchev–Trinajstić information content (AvgIpc) is 2.62. The van der Waals surface area contributed by atoms with Crippen molar-refractivity contribution in [2.45, 2.75) is 56.8 Å². The van der Waals surface area contributed by atoms with Crippen molar-refractivity contribution < 1.29 is 19.4 Å². The summed E-state index contributed by atoms with van der Waals surface area (Å²) in [6.45, 7) is 0.329. The van der Waals surface area contributed by atoms with Gasteiger partial charge in [-0.05, 0) is 32.1 Å². The second-order valence-electron chi connectivity index (χ2n) is 6.93. The standard InChI is InChI=1S/C18H26N4O4/c23-11-16-14(22-17(24)12-2-1-3-12)5-4-13(26-16)6-7-21-18(25)15-10-19-8-9-20-15/h8-10,12-14,16,23H,1-7,11H2,(H,21,25)(H,22,24)/t13-,14-,16+/m1/s1. The number of hydrogen-bond acceptors (Lipinski definition) is 6. The lowest BCUT2D eigenvalue weighted by atomic mass is 9.84. The number of carbonyl (C=O) groups excluding carboxylic acids is 2. The number of rotatable bonds is 7. The van der Waals surface area contributed by atoms with Gasteiger partial charge in [0, 0.05) is 24.9 Å². The van der Waals surface area contributed by atoms with Crippen LogP contribution in [0.3, 0.4) is 0 Å². The first-order chi connectivity index (χ1) is 12.7. The van der Waals surface area contributed by atoms with Crippen molar-refractivity contribution in [2.75, 3.05) is 13.2 Å². The zero-order chi connectivity index (χ0) is 18.4. The summed E-state index contributed by atoms with van der Waals surface area (Å²) in [5, 5.41) is 15.4. The van der Waals surface area contributed by atoms with Crippen molar-refractivity contribution in [3.8, 4) is 0 Å². The lowest BCUT2D eigenvalue weighted by Gasteiger charge is -2.37. The molecule has 2 amide bonds. The molecule has 2 fully saturated rings. The second kappa shape index (κ2) is 9.05. The maximum Gasteiger partial charge on any atom is 0.271 e. The van der Waals surface area contributed by atoms with Crippen molar-refractivity contribution in [1.82, 2.24) is 20.6 Å². The number of aromatic nitrogens is 2. The average molecular weight is 362 g/mol. The highest BCUT2D eigenvalue weighted by Crippen LogP contribution is 2.28. The summed E-state index contributed by atoms with van der Waals surface area (Å²) in [7, 11) is 0. The molecule has 142 valence electrons. The van der Waals surface area contributed by atoms with Crippen LogP contribution in [0.15, 0.2) is 18.6 Å². The fraction of sp³-hybridized carbons (Fsp3) is 0.667. The van der Waals surface area contributed by atoms with Gasteiger partial charge in [0.2, 0.25) is 5.91 Å². The Kier molecular flexibility index (Phi) is 6.51. The quantitative estimate of drug-likeness (QED) is 0.648. The monoisotopic (exact) mass is 362 g/mol. The molecule has 8 nitrogen and oxygen atoms in total. The van der Waals surface area contributed by atoms with Gasteiger partial charge in [-0.3, -0.25) is 14.6 Å². The summed E-state index contributed by atoms with van der Waals surface area (Å²) in [5.74, 6) is -0.0559. The van der Waals surface area contributed by atoms with Crippen molar-refractivity contribution in [1.29, 1.82) is 0 Å². The Morgan fingerprint density at radius 1 is 1.23 bits per heavy atom. The molecule has 3 atom stereocenters. The summed E-state index contributed by atoms with van der Waals surface area (Å²) in [6, 6.07) is -0.140. The Labute approximate surface area is 152 Å². The molecule has 1 aromatic rings. The van der Waals surface area contributed by atoms with E-state index in [0.29, 0.717) is 13.0 Å². The molecule has 2 aliphatic rings. The van der Waals surface area contributed by atoms with E-state index in [2.05, 4.69) is 20.6 Å². The number of ether oxygens (including phenoxy) is 1. The number of carbonyl (C=O) groups is 2. The smallest absolute Gasteiger partial charge is 0.271 e. The second-order valence-corrected chi connectivity index (χ2v) is 6.93. The van der Waals surface area contributed by atoms with Crippen molar-refractivity contribution in [3.63, 3.8) is 0 Å². The van der Waals surface area contributed by atoms with E-state index in [4.69, 9.17) is 4.74 Å². The predicted octanol–water partition coefficient (Wildman–Crippen LogP) is 0.421. The van der Waals surface area contributed by atoms with Crippen LogP contribution in [0, 0.1) is 5.92 Å². The molecule has 1 saturated carbocycles. The third-order valence-electron chi connectivity index (χ3n) is 5.15. The molecule has 26 heavy (non-hydrogen) atoms. The van der Waals surface area contributed by atoms with Crippen LogP contribution >= 0.6 is 0 Å². The van der Waals surface area contributed by atoms with Gasteiger partial charge < -0.3 is 20.5 Å². The van der Waals surface area contributed by atoms with Gasteiger partial charge in [-0.1, -0.05) is 6.42 Å². The highest BCUT2D eigenvalue weighted by Gasteiger charge is 2.34. The van der Waals surface area contributed by atoms with E-state index in [9.17, 15) is 14.7 Å². The molecule has 1 aliphatic heterocycles. The van der Waals surface area contributed by atoms with Crippen LogP contribution in [0.25, 0.3) is 0 Å². The first-order valence-corrected chi connectivity index (χ1v) is 9.28. The van der Waals surface area contributed by atoms with Gasteiger partial charge >= 0.3 is 0 Å². The van der Waals surface area contributed by atoms with Crippen molar-refractivity contribution in [2.24, 2.45) is 5.92 Å². The molecule has 0 unspecified atom stereocenters. The van der Waals surface area contributed by atoms with Crippen LogP contribution in [-0.2, 0) is 9.53 Å². The molecular formula is C18H26N4O4. The molecule has 8 heteroatoms. The molecule has 0 radical (unpaired) electrons. The number of nitrogens with zero attached hydrogens (tertiary/aromatic N) is 2. The zero-order valence-corrected chi connectivity index (χ0v) is 14.8. The van der Waals surface area contributed by atoms with Gasteiger partial charge in [-0.2, -0.15) is 0 Å². The van der Waals surface area contributed by atoms with Crippen LogP contribution < -0.4 is 10.6 Å². The van der Waals surface area contributed by atoms with E-state index in [1.807, 2.05) is 0 Å². The number of amides is 2. The minimum Gasteiger partial charge on any atom is -0.394 e. The molecule has 0 spiro atoms. The van der Waals surface area contributed by atoms with Crippen LogP contribution in [0.2, 0.25) is 0 Å². The van der Waals surface area contributed by atoms with Crippen LogP contribution in [0.1, 0.15) is 49.0 Å². The molecule has 2 heterocycles. The van der Waals surface area contributed by atoms with E-state index in [0.717, 1.165) is 32.1 Å². The maximum absolute atomic E-state index is 12.1. The normalized spacial score (nSPS) is 26.0. The first-order valence-electron chi connectivity index (χ1n) is 9.28. The van der Waals surface area contributed by atoms with Gasteiger partial charge in [0.15, 0.2) is 0 Å². The molecule has 3 N–H and O–H groups in total. The Hall–Kier alpha value is -2.06. The number of aliphatic hydroxyl groups is 1. The lowest BCUT2D eigenvalue weighted by molar-refractivity contribution is -0.134. The Balaban J connectivity index is 1.40. The largest absolute Gasteiger partial charge is 0.394 e. The highest BCUT2D eigenvalue weighted by atomic mass is 16.5. The van der Waals surface area contributed by atoms with Crippen LogP contribution in [-0.4, -0.2) is 58.3 Å². The molecule has 0 bridgehead atoms. The van der Waals surface area contributed by atoms with Gasteiger partial charge in [0.05, 0.1) is 24.9 Å². The predicted molar refractivity (Wildman–Crippen MR) is 93.2 cm³/mol. The van der Waals surface area contributed by atoms with Crippen molar-refractivity contribution >= 4 is 11.8 Å². The van der Waals surface area contributed by atoms with Gasteiger partial charge in [0.1, 0.15) is 11.8 Å². The van der Waals surface area contributed by atoms with Crippen LogP contribution in [0.5, 0.6) is 0 Å². The topological polar surface area (TPSA) is 113 Å². The summed E-state index contributed by atoms with van der Waals surface area (Å²) in [5.41, 5.74) is 0.282. The fourth-order valence-electron chi connectivity index (χ4n) is 3.33. The van der Waals surface area contributed by atoms with E-state index >= 15 is 0 Å². The first kappa shape index (κ1) is 18.7. The third kappa shape index (κ3) is 4.76. The van der Waals surface area contributed by atoms with Gasteiger partial charge in [-0.25, -0.2) is 4.98 Å². The molecule has 1 aromatic heterocycles. The van der Waals surface area contributed by atoms with Crippen LogP contribution in [0.4, 0.5) is 0 Å². The summed E-state index contributed by atoms with van der Waals surface area (Å²) >= 11 is 0. The Bertz CT molecular complexity index is 608. The zero-order valence-electron chi connectivity index (χ0n) is 14.8. The van der Waals surface area contributed by atoms with E-state index < -0.39 is 6.10 Å². The van der Waals surface area contributed by atoms with E-state index in [1.54, 1.807) is 0 Å². The maximum atomic E-state index is 12.1. The third-order valence-corrected chi connectivity index (χ3v) is 5.15. The summed E-state index contributed by atoms with van der Waals surface area (Å²) in [6.07, 6.45) is 9.19. The summed E-state index contributed by atoms with van der Waals surface area (Å²) < 4.78 is 5.92. The minimum atomic E-state index is -0.395. The Morgan fingerprint density at radius 2 is 2.08 bits per heavy atom. The molecule has 1 saturated heterocycles. The van der Waals surface area contributed by atoms with Gasteiger partial charge in [0.25, 0.3) is 5.91 Å².